The van der Waals surface area contributed by atoms with E-state index in [1.165, 1.54) is 34.3 Å². The second-order valence-electron chi connectivity index (χ2n) is 7.88. The van der Waals surface area contributed by atoms with Crippen LogP contribution in [0.3, 0.4) is 0 Å². The predicted octanol–water partition coefficient (Wildman–Crippen LogP) is 3.60. The molecular formula is C21H25N3O5S. The summed E-state index contributed by atoms with van der Waals surface area (Å²) >= 11 is 0. The molecule has 0 aliphatic heterocycles. The Hall–Kier alpha value is -3.07. The first kappa shape index (κ1) is 21.6. The van der Waals surface area contributed by atoms with Gasteiger partial charge in [-0.3, -0.25) is 4.98 Å². The van der Waals surface area contributed by atoms with E-state index in [2.05, 4.69) is 4.98 Å². The number of pyridine rings is 1. The third kappa shape index (κ3) is 4.11. The highest BCUT2D eigenvalue weighted by atomic mass is 32.2. The fraction of sp³-hybridized carbons (Fsp3) is 0.333. The van der Waals surface area contributed by atoms with Crippen molar-refractivity contribution in [3.05, 3.63) is 54.5 Å². The number of aromatic nitrogens is 2. The van der Waals surface area contributed by atoms with E-state index in [1.54, 1.807) is 30.6 Å². The summed E-state index contributed by atoms with van der Waals surface area (Å²) in [6.07, 6.45) is 3.98. The molecule has 0 bridgehead atoms. The van der Waals surface area contributed by atoms with Crippen LogP contribution >= 0.6 is 0 Å². The van der Waals surface area contributed by atoms with E-state index in [0.29, 0.717) is 17.7 Å². The molecule has 9 heteroatoms. The van der Waals surface area contributed by atoms with Gasteiger partial charge in [0.05, 0.1) is 23.7 Å². The van der Waals surface area contributed by atoms with Crippen LogP contribution < -0.4 is 4.74 Å². The minimum atomic E-state index is -3.89. The van der Waals surface area contributed by atoms with Crippen molar-refractivity contribution in [3.63, 3.8) is 0 Å². The molecule has 8 nitrogen and oxygen atoms in total. The molecule has 0 aliphatic carbocycles. The second-order valence-corrected chi connectivity index (χ2v) is 9.70. The number of hydrogen-bond acceptors (Lipinski definition) is 5. The summed E-state index contributed by atoms with van der Waals surface area (Å²) in [4.78, 5) is 17.2. The third-order valence-corrected chi connectivity index (χ3v) is 6.57. The maximum atomic E-state index is 13.3. The lowest BCUT2D eigenvalue weighted by molar-refractivity contribution is 0.101. The van der Waals surface area contributed by atoms with E-state index in [-0.39, 0.29) is 11.4 Å². The maximum absolute atomic E-state index is 13.3. The average Bonchev–Trinajstić information content (AvgIpc) is 3.06. The molecule has 0 saturated heterocycles. The van der Waals surface area contributed by atoms with Crippen molar-refractivity contribution in [2.45, 2.75) is 37.6 Å². The van der Waals surface area contributed by atoms with Gasteiger partial charge in [0.25, 0.3) is 10.0 Å². The SMILES string of the molecule is COc1cccc(S(=O)(=O)n2cc(CCN(C(=O)O)C(C)(C)C)c3ccncc32)c1. The molecule has 0 unspecified atom stereocenters. The van der Waals surface area contributed by atoms with E-state index in [1.807, 2.05) is 20.8 Å². The van der Waals surface area contributed by atoms with Gasteiger partial charge in [0, 0.05) is 35.9 Å². The van der Waals surface area contributed by atoms with Gasteiger partial charge in [-0.15, -0.1) is 0 Å². The van der Waals surface area contributed by atoms with E-state index in [0.717, 1.165) is 10.9 Å². The van der Waals surface area contributed by atoms with E-state index in [4.69, 9.17) is 4.74 Å². The molecule has 1 N–H and O–H groups in total. The van der Waals surface area contributed by atoms with E-state index >= 15 is 0 Å². The van der Waals surface area contributed by atoms with Crippen molar-refractivity contribution < 1.29 is 23.1 Å². The van der Waals surface area contributed by atoms with Gasteiger partial charge in [-0.2, -0.15) is 0 Å². The van der Waals surface area contributed by atoms with Crippen LogP contribution in [0.4, 0.5) is 4.79 Å². The van der Waals surface area contributed by atoms with Gasteiger partial charge in [0.2, 0.25) is 0 Å². The van der Waals surface area contributed by atoms with Crippen LogP contribution in [0.5, 0.6) is 5.75 Å². The maximum Gasteiger partial charge on any atom is 0.407 e. The zero-order valence-electron chi connectivity index (χ0n) is 17.4. The average molecular weight is 432 g/mol. The van der Waals surface area contributed by atoms with Crippen molar-refractivity contribution in [2.24, 2.45) is 0 Å². The van der Waals surface area contributed by atoms with Crippen molar-refractivity contribution in [2.75, 3.05) is 13.7 Å². The zero-order chi connectivity index (χ0) is 22.1. The van der Waals surface area contributed by atoms with E-state index < -0.39 is 21.7 Å². The molecule has 30 heavy (non-hydrogen) atoms. The highest BCUT2D eigenvalue weighted by Gasteiger charge is 2.27. The Kier molecular flexibility index (Phi) is 5.76. The molecule has 160 valence electrons. The number of nitrogens with zero attached hydrogens (tertiary/aromatic N) is 3. The first-order chi connectivity index (χ1) is 14.1. The van der Waals surface area contributed by atoms with Crippen LogP contribution in [0.2, 0.25) is 0 Å². The summed E-state index contributed by atoms with van der Waals surface area (Å²) in [5.41, 5.74) is 0.598. The van der Waals surface area contributed by atoms with Crippen LogP contribution in [-0.4, -0.2) is 52.7 Å². The molecule has 2 aromatic heterocycles. The zero-order valence-corrected chi connectivity index (χ0v) is 18.2. The Morgan fingerprint density at radius 1 is 1.27 bits per heavy atom. The predicted molar refractivity (Wildman–Crippen MR) is 113 cm³/mol. The van der Waals surface area contributed by atoms with Gasteiger partial charge in [-0.25, -0.2) is 17.2 Å². The van der Waals surface area contributed by atoms with Gasteiger partial charge >= 0.3 is 6.09 Å². The molecule has 3 aromatic rings. The quantitative estimate of drug-likeness (QED) is 0.640. The molecule has 0 saturated carbocycles. The Labute approximate surface area is 175 Å². The number of hydrogen-bond donors (Lipinski definition) is 1. The van der Waals surface area contributed by atoms with Crippen molar-refractivity contribution in [1.82, 2.24) is 13.9 Å². The summed E-state index contributed by atoms with van der Waals surface area (Å²) in [6, 6.07) is 8.00. The molecule has 0 atom stereocenters. The molecular weight excluding hydrogens is 406 g/mol. The van der Waals surface area contributed by atoms with Crippen LogP contribution in [0.25, 0.3) is 10.9 Å². The van der Waals surface area contributed by atoms with E-state index in [9.17, 15) is 18.3 Å². The summed E-state index contributed by atoms with van der Waals surface area (Å²) in [5, 5.41) is 10.3. The molecule has 0 fully saturated rings. The fourth-order valence-electron chi connectivity index (χ4n) is 3.34. The molecule has 2 heterocycles. The normalized spacial score (nSPS) is 12.1. The molecule has 0 spiro atoms. The Bertz CT molecular complexity index is 1180. The number of benzene rings is 1. The Morgan fingerprint density at radius 2 is 2.00 bits per heavy atom. The van der Waals surface area contributed by atoms with Gasteiger partial charge in [0.15, 0.2) is 0 Å². The minimum Gasteiger partial charge on any atom is -0.497 e. The Balaban J connectivity index is 2.05. The topological polar surface area (TPSA) is 102 Å². The van der Waals surface area contributed by atoms with Crippen LogP contribution in [-0.2, 0) is 16.4 Å². The summed E-state index contributed by atoms with van der Waals surface area (Å²) in [5.74, 6) is 0.438. The van der Waals surface area contributed by atoms with Gasteiger partial charge < -0.3 is 14.7 Å². The highest BCUT2D eigenvalue weighted by Crippen LogP contribution is 2.28. The molecule has 0 radical (unpaired) electrons. The number of amides is 1. The highest BCUT2D eigenvalue weighted by molar-refractivity contribution is 7.90. The number of ether oxygens (including phenoxy) is 1. The van der Waals surface area contributed by atoms with Crippen molar-refractivity contribution in [1.29, 1.82) is 0 Å². The molecule has 0 aliphatic rings. The van der Waals surface area contributed by atoms with Crippen LogP contribution in [0.1, 0.15) is 26.3 Å². The third-order valence-electron chi connectivity index (χ3n) is 4.90. The van der Waals surface area contributed by atoms with Gasteiger partial charge in [0.1, 0.15) is 5.75 Å². The number of fused-ring (bicyclic) bond motifs is 1. The minimum absolute atomic E-state index is 0.0935. The molecule has 3 rings (SSSR count). The first-order valence-corrected chi connectivity index (χ1v) is 10.8. The lowest BCUT2D eigenvalue weighted by Crippen LogP contribution is -2.45. The smallest absolute Gasteiger partial charge is 0.407 e. The largest absolute Gasteiger partial charge is 0.497 e. The number of rotatable bonds is 6. The monoisotopic (exact) mass is 431 g/mol. The fourth-order valence-corrected chi connectivity index (χ4v) is 4.75. The summed E-state index contributed by atoms with van der Waals surface area (Å²) in [7, 11) is -2.42. The summed E-state index contributed by atoms with van der Waals surface area (Å²) < 4.78 is 33.0. The number of carbonyl (C=O) groups is 1. The second kappa shape index (κ2) is 7.98. The van der Waals surface area contributed by atoms with Crippen molar-refractivity contribution in [3.8, 4) is 5.75 Å². The standard InChI is InChI=1S/C21H25N3O5S/c1-21(2,3)23(20(25)26)11-9-15-14-24(19-13-22-10-8-18(15)19)30(27,28)17-7-5-6-16(12-17)29-4/h5-8,10,12-14H,9,11H2,1-4H3,(H,25,26). The lowest BCUT2D eigenvalue weighted by atomic mass is 10.1. The lowest BCUT2D eigenvalue weighted by Gasteiger charge is -2.33. The van der Waals surface area contributed by atoms with Gasteiger partial charge in [-0.1, -0.05) is 6.07 Å². The first-order valence-electron chi connectivity index (χ1n) is 9.40. The summed E-state index contributed by atoms with van der Waals surface area (Å²) in [6.45, 7) is 5.70. The van der Waals surface area contributed by atoms with Crippen LogP contribution in [0.15, 0.2) is 53.8 Å². The molecule has 1 amide bonds. The number of methoxy groups -OCH3 is 1. The number of carboxylic acid groups (broad SMARTS) is 1. The molecule has 1 aromatic carbocycles. The van der Waals surface area contributed by atoms with Gasteiger partial charge in [-0.05, 0) is 51.0 Å². The Morgan fingerprint density at radius 3 is 2.63 bits per heavy atom. The van der Waals surface area contributed by atoms with Crippen LogP contribution in [0, 0.1) is 0 Å². The van der Waals surface area contributed by atoms with Crippen molar-refractivity contribution >= 4 is 27.0 Å².